The fraction of sp³-hybridized carbons (Fsp3) is 0.286. The molecule has 2 aromatic rings. The van der Waals surface area contributed by atoms with Crippen LogP contribution in [0.15, 0.2) is 29.6 Å². The molecule has 0 aliphatic carbocycles. The zero-order valence-electron chi connectivity index (χ0n) is 10.7. The van der Waals surface area contributed by atoms with Crippen LogP contribution in [0.5, 0.6) is 0 Å². The zero-order valence-corrected chi connectivity index (χ0v) is 11.5. The lowest BCUT2D eigenvalue weighted by molar-refractivity contribution is -0.119. The number of hydrogen-bond donors (Lipinski definition) is 2. The Labute approximate surface area is 120 Å². The average molecular weight is 291 g/mol. The summed E-state index contributed by atoms with van der Waals surface area (Å²) in [5, 5.41) is 8.95. The van der Waals surface area contributed by atoms with E-state index in [2.05, 4.69) is 15.6 Å². The Balaban J connectivity index is 1.62. The van der Waals surface area contributed by atoms with Gasteiger partial charge in [0, 0.05) is 36.5 Å². The van der Waals surface area contributed by atoms with Crippen molar-refractivity contribution in [2.75, 3.05) is 6.54 Å². The van der Waals surface area contributed by atoms with Crippen LogP contribution in [0.2, 0.25) is 0 Å². The van der Waals surface area contributed by atoms with E-state index in [9.17, 15) is 9.18 Å². The van der Waals surface area contributed by atoms with Gasteiger partial charge in [0.15, 0.2) is 0 Å². The first-order chi connectivity index (χ1) is 9.70. The summed E-state index contributed by atoms with van der Waals surface area (Å²) in [6.07, 6.45) is 0.523. The van der Waals surface area contributed by atoms with Gasteiger partial charge in [0.25, 0.3) is 0 Å². The van der Waals surface area contributed by atoms with Gasteiger partial charge >= 0.3 is 0 Å². The van der Waals surface area contributed by atoms with E-state index in [1.807, 2.05) is 5.38 Å². The fourth-order valence-corrected chi connectivity index (χ4v) is 2.94. The number of nitrogens with one attached hydrogen (secondary N) is 2. The van der Waals surface area contributed by atoms with Crippen molar-refractivity contribution in [3.05, 3.63) is 41.2 Å². The second-order valence-electron chi connectivity index (χ2n) is 4.74. The molecule has 3 rings (SSSR count). The number of amides is 1. The summed E-state index contributed by atoms with van der Waals surface area (Å²) in [5.41, 5.74) is 1.86. The lowest BCUT2D eigenvalue weighted by Crippen LogP contribution is -2.30. The quantitative estimate of drug-likeness (QED) is 0.905. The predicted molar refractivity (Wildman–Crippen MR) is 75.8 cm³/mol. The third-order valence-corrected chi connectivity index (χ3v) is 4.13. The van der Waals surface area contributed by atoms with Gasteiger partial charge in [-0.05, 0) is 24.3 Å². The molecule has 20 heavy (non-hydrogen) atoms. The summed E-state index contributed by atoms with van der Waals surface area (Å²) in [6, 6.07) is 6.50. The van der Waals surface area contributed by atoms with Crippen molar-refractivity contribution in [2.24, 2.45) is 0 Å². The average Bonchev–Trinajstić information content (AvgIpc) is 3.06. The normalized spacial score (nSPS) is 18.2. The van der Waals surface area contributed by atoms with Crippen molar-refractivity contribution in [3.63, 3.8) is 0 Å². The molecule has 6 heteroatoms. The van der Waals surface area contributed by atoms with Gasteiger partial charge in [-0.2, -0.15) is 0 Å². The van der Waals surface area contributed by atoms with Gasteiger partial charge in [0.2, 0.25) is 5.91 Å². The highest BCUT2D eigenvalue weighted by atomic mass is 32.1. The summed E-state index contributed by atoms with van der Waals surface area (Å²) < 4.78 is 12.9. The predicted octanol–water partition coefficient (Wildman–Crippen LogP) is 1.93. The minimum absolute atomic E-state index is 0.0905. The summed E-state index contributed by atoms with van der Waals surface area (Å²) >= 11 is 1.54. The van der Waals surface area contributed by atoms with Gasteiger partial charge in [0.05, 0.1) is 5.69 Å². The number of halogens is 1. The molecule has 0 spiro atoms. The highest BCUT2D eigenvalue weighted by molar-refractivity contribution is 7.13. The Morgan fingerprint density at radius 1 is 1.40 bits per heavy atom. The van der Waals surface area contributed by atoms with Crippen LogP contribution in [0.3, 0.4) is 0 Å². The Morgan fingerprint density at radius 3 is 2.90 bits per heavy atom. The first-order valence-electron chi connectivity index (χ1n) is 6.41. The number of carbonyl (C=O) groups excluding carboxylic acids is 1. The molecule has 0 bridgehead atoms. The molecule has 4 nitrogen and oxygen atoms in total. The Morgan fingerprint density at radius 2 is 2.20 bits per heavy atom. The molecule has 1 aliphatic heterocycles. The van der Waals surface area contributed by atoms with Crippen molar-refractivity contribution >= 4 is 17.2 Å². The molecule has 1 saturated heterocycles. The van der Waals surface area contributed by atoms with E-state index in [0.29, 0.717) is 19.5 Å². The number of benzene rings is 1. The van der Waals surface area contributed by atoms with Crippen LogP contribution in [0.4, 0.5) is 4.39 Å². The number of nitrogens with zero attached hydrogens (tertiary/aromatic N) is 1. The van der Waals surface area contributed by atoms with Crippen molar-refractivity contribution in [1.82, 2.24) is 15.6 Å². The Bertz CT molecular complexity index is 611. The molecule has 1 unspecified atom stereocenters. The van der Waals surface area contributed by atoms with Crippen LogP contribution in [-0.2, 0) is 11.3 Å². The summed E-state index contributed by atoms with van der Waals surface area (Å²) in [5.74, 6) is -0.154. The fourth-order valence-electron chi connectivity index (χ4n) is 2.11. The van der Waals surface area contributed by atoms with E-state index in [4.69, 9.17) is 0 Å². The highest BCUT2D eigenvalue weighted by Crippen LogP contribution is 2.23. The molecule has 2 heterocycles. The summed E-state index contributed by atoms with van der Waals surface area (Å²) in [7, 11) is 0. The van der Waals surface area contributed by atoms with E-state index in [-0.39, 0.29) is 17.8 Å². The van der Waals surface area contributed by atoms with E-state index < -0.39 is 0 Å². The second kappa shape index (κ2) is 5.68. The largest absolute Gasteiger partial charge is 0.354 e. The summed E-state index contributed by atoms with van der Waals surface area (Å²) in [4.78, 5) is 15.6. The van der Waals surface area contributed by atoms with Crippen LogP contribution >= 0.6 is 11.3 Å². The number of carbonyl (C=O) groups is 1. The molecule has 0 radical (unpaired) electrons. The third-order valence-electron chi connectivity index (χ3n) is 3.19. The number of hydrogen-bond acceptors (Lipinski definition) is 4. The first kappa shape index (κ1) is 13.2. The van der Waals surface area contributed by atoms with Crippen molar-refractivity contribution in [1.29, 1.82) is 0 Å². The van der Waals surface area contributed by atoms with E-state index in [0.717, 1.165) is 16.3 Å². The van der Waals surface area contributed by atoms with Gasteiger partial charge < -0.3 is 10.6 Å². The molecular formula is C14H14FN3OS. The van der Waals surface area contributed by atoms with E-state index in [1.165, 1.54) is 23.5 Å². The van der Waals surface area contributed by atoms with Gasteiger partial charge in [-0.15, -0.1) is 11.3 Å². The van der Waals surface area contributed by atoms with E-state index >= 15 is 0 Å². The SMILES string of the molecule is O=C1CC(NCc2csc(-c3ccc(F)cc3)n2)CN1. The zero-order chi connectivity index (χ0) is 13.9. The van der Waals surface area contributed by atoms with Crippen LogP contribution in [0.25, 0.3) is 10.6 Å². The molecular weight excluding hydrogens is 277 g/mol. The maximum Gasteiger partial charge on any atom is 0.221 e. The van der Waals surface area contributed by atoms with Gasteiger partial charge in [0.1, 0.15) is 10.8 Å². The molecule has 1 aromatic heterocycles. The maximum absolute atomic E-state index is 12.9. The van der Waals surface area contributed by atoms with Gasteiger partial charge in [-0.25, -0.2) is 9.37 Å². The number of aromatic nitrogens is 1. The summed E-state index contributed by atoms with van der Waals surface area (Å²) in [6.45, 7) is 1.31. The minimum atomic E-state index is -0.245. The topological polar surface area (TPSA) is 54.0 Å². The van der Waals surface area contributed by atoms with Crippen LogP contribution < -0.4 is 10.6 Å². The molecule has 1 atom stereocenters. The molecule has 1 aromatic carbocycles. The Hall–Kier alpha value is -1.79. The van der Waals surface area contributed by atoms with Crippen LogP contribution in [0, 0.1) is 5.82 Å². The number of thiazole rings is 1. The molecule has 1 amide bonds. The molecule has 104 valence electrons. The second-order valence-corrected chi connectivity index (χ2v) is 5.60. The maximum atomic E-state index is 12.9. The molecule has 1 fully saturated rings. The van der Waals surface area contributed by atoms with Crippen LogP contribution in [-0.4, -0.2) is 23.5 Å². The lowest BCUT2D eigenvalue weighted by atomic mass is 10.2. The van der Waals surface area contributed by atoms with Crippen molar-refractivity contribution in [3.8, 4) is 10.6 Å². The monoisotopic (exact) mass is 291 g/mol. The van der Waals surface area contributed by atoms with Crippen LogP contribution in [0.1, 0.15) is 12.1 Å². The molecule has 2 N–H and O–H groups in total. The van der Waals surface area contributed by atoms with Gasteiger partial charge in [-0.3, -0.25) is 4.79 Å². The lowest BCUT2D eigenvalue weighted by Gasteiger charge is -2.07. The smallest absolute Gasteiger partial charge is 0.221 e. The molecule has 0 saturated carbocycles. The standard InChI is InChI=1S/C14H14FN3OS/c15-10-3-1-9(2-4-10)14-18-12(8-20-14)7-16-11-5-13(19)17-6-11/h1-4,8,11,16H,5-7H2,(H,17,19). The first-order valence-corrected chi connectivity index (χ1v) is 7.29. The van der Waals surface area contributed by atoms with Crippen molar-refractivity contribution in [2.45, 2.75) is 19.0 Å². The highest BCUT2D eigenvalue weighted by Gasteiger charge is 2.20. The minimum Gasteiger partial charge on any atom is -0.354 e. The van der Waals surface area contributed by atoms with E-state index in [1.54, 1.807) is 12.1 Å². The van der Waals surface area contributed by atoms with Crippen molar-refractivity contribution < 1.29 is 9.18 Å². The van der Waals surface area contributed by atoms with Gasteiger partial charge in [-0.1, -0.05) is 0 Å². The number of rotatable bonds is 4. The Kier molecular flexibility index (Phi) is 3.75. The third kappa shape index (κ3) is 3.02. The molecule has 1 aliphatic rings.